The largest absolute Gasteiger partial charge is 0.506 e. The highest BCUT2D eigenvalue weighted by Crippen LogP contribution is 2.33. The maximum absolute atomic E-state index is 11.2. The number of aromatic nitrogens is 1. The fraction of sp³-hybridized carbons (Fsp3) is 0.158. The first-order valence-corrected chi connectivity index (χ1v) is 8.74. The van der Waals surface area contributed by atoms with Gasteiger partial charge in [-0.1, -0.05) is 0 Å². The van der Waals surface area contributed by atoms with E-state index in [2.05, 4.69) is 10.3 Å². The zero-order chi connectivity index (χ0) is 17.8. The molecule has 6 heteroatoms. The second-order valence-electron chi connectivity index (χ2n) is 5.41. The Kier molecular flexibility index (Phi) is 5.00. The van der Waals surface area contributed by atoms with Gasteiger partial charge in [-0.3, -0.25) is 4.79 Å². The summed E-state index contributed by atoms with van der Waals surface area (Å²) in [5.41, 5.74) is 3.01. The van der Waals surface area contributed by atoms with E-state index >= 15 is 0 Å². The molecule has 0 aliphatic heterocycles. The predicted octanol–water partition coefficient (Wildman–Crippen LogP) is 4.54. The van der Waals surface area contributed by atoms with Gasteiger partial charge in [0.2, 0.25) is 5.91 Å². The zero-order valence-corrected chi connectivity index (χ0v) is 14.8. The number of hydrogen-bond acceptors (Lipinski definition) is 5. The number of phenols is 1. The Hall–Kier alpha value is -2.86. The SMILES string of the molecule is CCOc1ccc(-c2nc(-c3ccc(O)c(NC(C)=O)c3)cs2)cc1. The number of carbonyl (C=O) groups is 1. The molecule has 5 nitrogen and oxygen atoms in total. The second-order valence-corrected chi connectivity index (χ2v) is 6.27. The Balaban J connectivity index is 1.87. The number of phenolic OH excluding ortho intramolecular Hbond substituents is 1. The summed E-state index contributed by atoms with van der Waals surface area (Å²) in [6.07, 6.45) is 0. The molecule has 1 amide bonds. The van der Waals surface area contributed by atoms with Crippen molar-refractivity contribution in [3.05, 3.63) is 47.8 Å². The minimum atomic E-state index is -0.235. The fourth-order valence-electron chi connectivity index (χ4n) is 2.38. The number of hydrogen-bond donors (Lipinski definition) is 2. The van der Waals surface area contributed by atoms with Gasteiger partial charge in [0.25, 0.3) is 0 Å². The van der Waals surface area contributed by atoms with Crippen molar-refractivity contribution in [2.45, 2.75) is 13.8 Å². The van der Waals surface area contributed by atoms with Gasteiger partial charge in [0, 0.05) is 23.4 Å². The molecule has 0 radical (unpaired) electrons. The predicted molar refractivity (Wildman–Crippen MR) is 100 cm³/mol. The zero-order valence-electron chi connectivity index (χ0n) is 13.9. The van der Waals surface area contributed by atoms with Crippen LogP contribution in [0.5, 0.6) is 11.5 Å². The molecule has 25 heavy (non-hydrogen) atoms. The lowest BCUT2D eigenvalue weighted by Crippen LogP contribution is -2.05. The molecule has 0 saturated heterocycles. The molecule has 1 aromatic heterocycles. The highest BCUT2D eigenvalue weighted by atomic mass is 32.1. The average molecular weight is 354 g/mol. The van der Waals surface area contributed by atoms with Crippen molar-refractivity contribution in [3.63, 3.8) is 0 Å². The molecule has 2 N–H and O–H groups in total. The summed E-state index contributed by atoms with van der Waals surface area (Å²) in [5, 5.41) is 15.3. The van der Waals surface area contributed by atoms with Gasteiger partial charge < -0.3 is 15.2 Å². The van der Waals surface area contributed by atoms with Crippen LogP contribution in [0.2, 0.25) is 0 Å². The number of anilines is 1. The minimum absolute atomic E-state index is 0.0286. The van der Waals surface area contributed by atoms with Crippen LogP contribution in [-0.4, -0.2) is 22.6 Å². The first kappa shape index (κ1) is 17.0. The summed E-state index contributed by atoms with van der Waals surface area (Å²) in [6.45, 7) is 3.99. The third-order valence-electron chi connectivity index (χ3n) is 3.52. The highest BCUT2D eigenvalue weighted by Gasteiger charge is 2.10. The standard InChI is InChI=1S/C19H18N2O3S/c1-3-24-15-7-4-13(5-8-15)19-21-17(11-25-19)14-6-9-18(23)16(10-14)20-12(2)22/h4-11,23H,3H2,1-2H3,(H,20,22). The lowest BCUT2D eigenvalue weighted by Gasteiger charge is -2.06. The van der Waals surface area contributed by atoms with Gasteiger partial charge in [-0.05, 0) is 49.4 Å². The van der Waals surface area contributed by atoms with E-state index in [-0.39, 0.29) is 11.7 Å². The molecule has 0 fully saturated rings. The van der Waals surface area contributed by atoms with E-state index in [4.69, 9.17) is 4.74 Å². The normalized spacial score (nSPS) is 10.5. The maximum Gasteiger partial charge on any atom is 0.221 e. The van der Waals surface area contributed by atoms with Crippen molar-refractivity contribution >= 4 is 22.9 Å². The summed E-state index contributed by atoms with van der Waals surface area (Å²) < 4.78 is 5.45. The molecule has 128 valence electrons. The van der Waals surface area contributed by atoms with E-state index < -0.39 is 0 Å². The number of thiazole rings is 1. The van der Waals surface area contributed by atoms with E-state index in [1.165, 1.54) is 18.3 Å². The monoisotopic (exact) mass is 354 g/mol. The number of aromatic hydroxyl groups is 1. The van der Waals surface area contributed by atoms with E-state index in [0.717, 1.165) is 27.6 Å². The first-order valence-electron chi connectivity index (χ1n) is 7.86. The smallest absolute Gasteiger partial charge is 0.221 e. The van der Waals surface area contributed by atoms with Crippen LogP contribution in [0.4, 0.5) is 5.69 Å². The molecule has 2 aromatic carbocycles. The Bertz CT molecular complexity index is 888. The number of carbonyl (C=O) groups excluding carboxylic acids is 1. The van der Waals surface area contributed by atoms with Crippen molar-refractivity contribution < 1.29 is 14.6 Å². The number of ether oxygens (including phenoxy) is 1. The molecule has 0 atom stereocenters. The van der Waals surface area contributed by atoms with Crippen molar-refractivity contribution in [3.8, 4) is 33.3 Å². The van der Waals surface area contributed by atoms with Gasteiger partial charge in [0.05, 0.1) is 18.0 Å². The van der Waals surface area contributed by atoms with Gasteiger partial charge >= 0.3 is 0 Å². The van der Waals surface area contributed by atoms with Crippen LogP contribution in [0.1, 0.15) is 13.8 Å². The summed E-state index contributed by atoms with van der Waals surface area (Å²) in [6, 6.07) is 12.9. The second kappa shape index (κ2) is 7.36. The van der Waals surface area contributed by atoms with Crippen LogP contribution in [0.15, 0.2) is 47.8 Å². The van der Waals surface area contributed by atoms with Crippen LogP contribution >= 0.6 is 11.3 Å². The number of benzene rings is 2. The average Bonchev–Trinajstić information content (AvgIpc) is 3.07. The lowest BCUT2D eigenvalue weighted by molar-refractivity contribution is -0.114. The minimum Gasteiger partial charge on any atom is -0.506 e. The van der Waals surface area contributed by atoms with Crippen molar-refractivity contribution in [1.29, 1.82) is 0 Å². The molecule has 0 unspecified atom stereocenters. The highest BCUT2D eigenvalue weighted by molar-refractivity contribution is 7.13. The van der Waals surface area contributed by atoms with E-state index in [9.17, 15) is 9.90 Å². The van der Waals surface area contributed by atoms with Gasteiger partial charge in [-0.25, -0.2) is 4.98 Å². The summed E-state index contributed by atoms with van der Waals surface area (Å²) >= 11 is 1.54. The summed E-state index contributed by atoms with van der Waals surface area (Å²) in [4.78, 5) is 15.9. The molecule has 0 aliphatic carbocycles. The van der Waals surface area contributed by atoms with E-state index in [0.29, 0.717) is 12.3 Å². The fourth-order valence-corrected chi connectivity index (χ4v) is 3.22. The van der Waals surface area contributed by atoms with Crippen LogP contribution in [0.25, 0.3) is 21.8 Å². The molecule has 1 heterocycles. The topological polar surface area (TPSA) is 71.5 Å². The molecule has 3 aromatic rings. The number of rotatable bonds is 5. The third kappa shape index (κ3) is 3.97. The number of amides is 1. The van der Waals surface area contributed by atoms with Gasteiger partial charge in [-0.15, -0.1) is 11.3 Å². The summed E-state index contributed by atoms with van der Waals surface area (Å²) in [7, 11) is 0. The Labute approximate surface area is 149 Å². The number of nitrogens with one attached hydrogen (secondary N) is 1. The third-order valence-corrected chi connectivity index (χ3v) is 4.41. The molecular weight excluding hydrogens is 336 g/mol. The quantitative estimate of drug-likeness (QED) is 0.660. The Morgan fingerprint density at radius 3 is 2.60 bits per heavy atom. The van der Waals surface area contributed by atoms with E-state index in [1.807, 2.05) is 36.6 Å². The molecule has 0 aliphatic rings. The van der Waals surface area contributed by atoms with Crippen LogP contribution in [0, 0.1) is 0 Å². The number of nitrogens with zero attached hydrogens (tertiary/aromatic N) is 1. The van der Waals surface area contributed by atoms with E-state index in [1.54, 1.807) is 18.2 Å². The molecule has 0 bridgehead atoms. The van der Waals surface area contributed by atoms with Crippen LogP contribution in [-0.2, 0) is 4.79 Å². The molecular formula is C19H18N2O3S. The van der Waals surface area contributed by atoms with Crippen molar-refractivity contribution in [2.24, 2.45) is 0 Å². The Morgan fingerprint density at radius 1 is 1.20 bits per heavy atom. The molecule has 0 saturated carbocycles. The van der Waals surface area contributed by atoms with Gasteiger partial charge in [0.15, 0.2) is 0 Å². The van der Waals surface area contributed by atoms with Crippen LogP contribution < -0.4 is 10.1 Å². The maximum atomic E-state index is 11.2. The first-order chi connectivity index (χ1) is 12.1. The molecule has 3 rings (SSSR count). The van der Waals surface area contributed by atoms with Gasteiger partial charge in [0.1, 0.15) is 16.5 Å². The lowest BCUT2D eigenvalue weighted by atomic mass is 10.1. The van der Waals surface area contributed by atoms with Crippen molar-refractivity contribution in [2.75, 3.05) is 11.9 Å². The summed E-state index contributed by atoms with van der Waals surface area (Å²) in [5.74, 6) is 0.628. The molecule has 0 spiro atoms. The van der Waals surface area contributed by atoms with Gasteiger partial charge in [-0.2, -0.15) is 0 Å². The Morgan fingerprint density at radius 2 is 1.92 bits per heavy atom. The van der Waals surface area contributed by atoms with Crippen LogP contribution in [0.3, 0.4) is 0 Å². The van der Waals surface area contributed by atoms with Crippen molar-refractivity contribution in [1.82, 2.24) is 4.98 Å².